The normalized spacial score (nSPS) is 11.9. The van der Waals surface area contributed by atoms with E-state index in [-0.39, 0.29) is 10.4 Å². The van der Waals surface area contributed by atoms with Gasteiger partial charge in [0.15, 0.2) is 5.82 Å². The second kappa shape index (κ2) is 4.59. The van der Waals surface area contributed by atoms with Crippen molar-refractivity contribution in [3.63, 3.8) is 0 Å². The molecule has 2 aromatic rings. The smallest absolute Gasteiger partial charge is 0.162 e. The van der Waals surface area contributed by atoms with Crippen LogP contribution in [0.5, 0.6) is 0 Å². The Morgan fingerprint density at radius 3 is 2.56 bits per heavy atom. The lowest BCUT2D eigenvalue weighted by Crippen LogP contribution is -2.19. The van der Waals surface area contributed by atoms with Crippen molar-refractivity contribution in [3.05, 3.63) is 33.3 Å². The van der Waals surface area contributed by atoms with Crippen LogP contribution in [0.4, 0.5) is 4.39 Å². The Balaban J connectivity index is 2.68. The number of tetrazole rings is 1. The summed E-state index contributed by atoms with van der Waals surface area (Å²) < 4.78 is 15.2. The van der Waals surface area contributed by atoms with Gasteiger partial charge in [-0.1, -0.05) is 32.4 Å². The van der Waals surface area contributed by atoms with Crippen molar-refractivity contribution in [1.82, 2.24) is 20.2 Å². The molecule has 0 N–H and O–H groups in total. The minimum absolute atomic E-state index is 0.249. The molecule has 1 aromatic carbocycles. The fourth-order valence-electron chi connectivity index (χ4n) is 1.54. The third-order valence-electron chi connectivity index (χ3n) is 2.33. The van der Waals surface area contributed by atoms with E-state index < -0.39 is 5.82 Å². The predicted octanol–water partition coefficient (Wildman–Crippen LogP) is 3.51. The quantitative estimate of drug-likeness (QED) is 0.802. The highest BCUT2D eigenvalue weighted by Crippen LogP contribution is 2.32. The van der Waals surface area contributed by atoms with Crippen LogP contribution in [0.2, 0.25) is 5.02 Å². The fourth-order valence-corrected chi connectivity index (χ4v) is 2.54. The molecule has 7 heteroatoms. The van der Waals surface area contributed by atoms with Gasteiger partial charge in [0, 0.05) is 9.89 Å². The number of nitrogens with zero attached hydrogens (tertiary/aromatic N) is 4. The minimum atomic E-state index is -0.416. The summed E-state index contributed by atoms with van der Waals surface area (Å²) in [6.07, 6.45) is 0. The van der Waals surface area contributed by atoms with Gasteiger partial charge in [-0.2, -0.15) is 4.68 Å². The van der Waals surface area contributed by atoms with Crippen LogP contribution in [0.3, 0.4) is 0 Å². The standard InChI is InChI=1S/C11H11BrClFN4/c1-11(2,3)10-15-16-17-18(10)9-7(12)4-6(14)5-8(9)13/h4-5H,1-3H3. The van der Waals surface area contributed by atoms with E-state index in [2.05, 4.69) is 31.5 Å². The van der Waals surface area contributed by atoms with Gasteiger partial charge in [-0.05, 0) is 38.5 Å². The van der Waals surface area contributed by atoms with Gasteiger partial charge >= 0.3 is 0 Å². The Kier molecular flexibility index (Phi) is 3.42. The van der Waals surface area contributed by atoms with E-state index in [1.807, 2.05) is 20.8 Å². The molecule has 1 heterocycles. The Morgan fingerprint density at radius 2 is 2.00 bits per heavy atom. The first-order chi connectivity index (χ1) is 8.30. The summed E-state index contributed by atoms with van der Waals surface area (Å²) in [4.78, 5) is 0. The highest BCUT2D eigenvalue weighted by atomic mass is 79.9. The van der Waals surface area contributed by atoms with Crippen LogP contribution in [-0.4, -0.2) is 20.2 Å². The van der Waals surface area contributed by atoms with Gasteiger partial charge in [-0.15, -0.1) is 5.10 Å². The number of aromatic nitrogens is 4. The summed E-state index contributed by atoms with van der Waals surface area (Å²) in [5.41, 5.74) is 0.286. The van der Waals surface area contributed by atoms with E-state index >= 15 is 0 Å². The molecule has 0 saturated carbocycles. The average molecular weight is 334 g/mol. The number of hydrogen-bond donors (Lipinski definition) is 0. The van der Waals surface area contributed by atoms with E-state index in [0.29, 0.717) is 16.0 Å². The van der Waals surface area contributed by atoms with Crippen molar-refractivity contribution in [2.75, 3.05) is 0 Å². The lowest BCUT2D eigenvalue weighted by molar-refractivity contribution is 0.525. The molecule has 0 aliphatic heterocycles. The molecule has 4 nitrogen and oxygen atoms in total. The van der Waals surface area contributed by atoms with Crippen LogP contribution >= 0.6 is 27.5 Å². The van der Waals surface area contributed by atoms with Gasteiger partial charge in [0.25, 0.3) is 0 Å². The first-order valence-electron chi connectivity index (χ1n) is 5.24. The molecule has 18 heavy (non-hydrogen) atoms. The SMILES string of the molecule is CC(C)(C)c1nnnn1-c1c(Cl)cc(F)cc1Br. The average Bonchev–Trinajstić information content (AvgIpc) is 2.63. The highest BCUT2D eigenvalue weighted by Gasteiger charge is 2.25. The van der Waals surface area contributed by atoms with Crippen molar-refractivity contribution in [1.29, 1.82) is 0 Å². The topological polar surface area (TPSA) is 43.6 Å². The molecule has 0 spiro atoms. The Labute approximate surface area is 117 Å². The Morgan fingerprint density at radius 1 is 1.33 bits per heavy atom. The molecule has 96 valence electrons. The molecule has 1 aromatic heterocycles. The van der Waals surface area contributed by atoms with Gasteiger partial charge in [-0.25, -0.2) is 4.39 Å². The zero-order valence-corrected chi connectivity index (χ0v) is 12.4. The van der Waals surface area contributed by atoms with Gasteiger partial charge in [0.05, 0.1) is 5.02 Å². The number of rotatable bonds is 1. The molecule has 0 aliphatic rings. The Hall–Kier alpha value is -1.01. The second-order valence-corrected chi connectivity index (χ2v) is 6.14. The van der Waals surface area contributed by atoms with Crippen LogP contribution in [0, 0.1) is 5.82 Å². The molecule has 0 saturated heterocycles. The van der Waals surface area contributed by atoms with Crippen molar-refractivity contribution in [2.45, 2.75) is 26.2 Å². The van der Waals surface area contributed by atoms with E-state index in [0.717, 1.165) is 0 Å². The molecule has 0 bridgehead atoms. The van der Waals surface area contributed by atoms with E-state index in [1.54, 1.807) is 0 Å². The van der Waals surface area contributed by atoms with Gasteiger partial charge < -0.3 is 0 Å². The maximum atomic E-state index is 13.2. The van der Waals surface area contributed by atoms with Crippen molar-refractivity contribution < 1.29 is 4.39 Å². The monoisotopic (exact) mass is 332 g/mol. The third kappa shape index (κ3) is 2.40. The third-order valence-corrected chi connectivity index (χ3v) is 3.23. The summed E-state index contributed by atoms with van der Waals surface area (Å²) >= 11 is 9.34. The zero-order valence-electron chi connectivity index (χ0n) is 10.1. The number of hydrogen-bond acceptors (Lipinski definition) is 3. The van der Waals surface area contributed by atoms with Crippen molar-refractivity contribution >= 4 is 27.5 Å². The largest absolute Gasteiger partial charge is 0.207 e. The molecule has 0 radical (unpaired) electrons. The molecular formula is C11H11BrClFN4. The van der Waals surface area contributed by atoms with Crippen LogP contribution in [-0.2, 0) is 5.41 Å². The molecule has 2 rings (SSSR count). The number of halogens is 3. The fraction of sp³-hybridized carbons (Fsp3) is 0.364. The van der Waals surface area contributed by atoms with E-state index in [4.69, 9.17) is 11.6 Å². The second-order valence-electron chi connectivity index (χ2n) is 4.88. The minimum Gasteiger partial charge on any atom is -0.207 e. The predicted molar refractivity (Wildman–Crippen MR) is 70.5 cm³/mol. The van der Waals surface area contributed by atoms with Crippen LogP contribution < -0.4 is 0 Å². The molecule has 0 amide bonds. The summed E-state index contributed by atoms with van der Waals surface area (Å²) in [6, 6.07) is 2.56. The van der Waals surface area contributed by atoms with Crippen LogP contribution in [0.25, 0.3) is 5.69 Å². The summed E-state index contributed by atoms with van der Waals surface area (Å²) in [7, 11) is 0. The number of benzene rings is 1. The zero-order chi connectivity index (χ0) is 13.5. The maximum Gasteiger partial charge on any atom is 0.162 e. The van der Waals surface area contributed by atoms with Crippen molar-refractivity contribution in [2.24, 2.45) is 0 Å². The summed E-state index contributed by atoms with van der Waals surface area (Å²) in [5, 5.41) is 11.8. The lowest BCUT2D eigenvalue weighted by Gasteiger charge is -2.18. The molecule has 0 atom stereocenters. The summed E-state index contributed by atoms with van der Waals surface area (Å²) in [6.45, 7) is 5.96. The van der Waals surface area contributed by atoms with Crippen molar-refractivity contribution in [3.8, 4) is 5.69 Å². The molecule has 0 fully saturated rings. The molecule has 0 aliphatic carbocycles. The van der Waals surface area contributed by atoms with Gasteiger partial charge in [0.2, 0.25) is 0 Å². The first kappa shape index (κ1) is 13.4. The maximum absolute atomic E-state index is 13.2. The molecular weight excluding hydrogens is 323 g/mol. The van der Waals surface area contributed by atoms with Crippen LogP contribution in [0.15, 0.2) is 16.6 Å². The van der Waals surface area contributed by atoms with E-state index in [9.17, 15) is 4.39 Å². The highest BCUT2D eigenvalue weighted by molar-refractivity contribution is 9.10. The lowest BCUT2D eigenvalue weighted by atomic mass is 9.96. The first-order valence-corrected chi connectivity index (χ1v) is 6.41. The van der Waals surface area contributed by atoms with Gasteiger partial charge in [0.1, 0.15) is 11.5 Å². The Bertz CT molecular complexity index is 568. The van der Waals surface area contributed by atoms with E-state index in [1.165, 1.54) is 16.8 Å². The van der Waals surface area contributed by atoms with Crippen LogP contribution in [0.1, 0.15) is 26.6 Å². The molecule has 0 unspecified atom stereocenters. The van der Waals surface area contributed by atoms with Gasteiger partial charge in [-0.3, -0.25) is 0 Å². The summed E-state index contributed by atoms with van der Waals surface area (Å²) in [5.74, 6) is 0.234.